The van der Waals surface area contributed by atoms with Gasteiger partial charge in [0.05, 0.1) is 6.10 Å². The van der Waals surface area contributed by atoms with Crippen LogP contribution in [-0.2, 0) is 4.74 Å². The molecule has 1 aromatic carbocycles. The first-order valence-electron chi connectivity index (χ1n) is 6.00. The molecular formula is C13H17F2NO2. The minimum Gasteiger partial charge on any atom is -0.388 e. The van der Waals surface area contributed by atoms with E-state index in [9.17, 15) is 13.9 Å². The minimum atomic E-state index is -1.04. The van der Waals surface area contributed by atoms with E-state index in [-0.39, 0.29) is 12.1 Å². The molecule has 0 spiro atoms. The molecule has 1 heterocycles. The monoisotopic (exact) mass is 257 g/mol. The molecule has 0 aromatic heterocycles. The van der Waals surface area contributed by atoms with Crippen molar-refractivity contribution >= 4 is 0 Å². The first-order chi connectivity index (χ1) is 8.59. The Morgan fingerprint density at radius 2 is 2.00 bits per heavy atom. The SMILES string of the molecule is NCC1(C(O)c2ccc(F)cc2F)CCOCC1. The van der Waals surface area contributed by atoms with Gasteiger partial charge in [0.25, 0.3) is 0 Å². The van der Waals surface area contributed by atoms with Crippen LogP contribution in [0.2, 0.25) is 0 Å². The summed E-state index contributed by atoms with van der Waals surface area (Å²) in [6, 6.07) is 3.20. The van der Waals surface area contributed by atoms with Crippen molar-refractivity contribution in [2.45, 2.75) is 18.9 Å². The maximum Gasteiger partial charge on any atom is 0.131 e. The molecule has 0 saturated carbocycles. The molecule has 2 rings (SSSR count). The van der Waals surface area contributed by atoms with Gasteiger partial charge in [0.15, 0.2) is 0 Å². The Hall–Kier alpha value is -1.04. The Morgan fingerprint density at radius 1 is 1.33 bits per heavy atom. The highest BCUT2D eigenvalue weighted by atomic mass is 19.1. The van der Waals surface area contributed by atoms with Crippen LogP contribution >= 0.6 is 0 Å². The normalized spacial score (nSPS) is 20.7. The largest absolute Gasteiger partial charge is 0.388 e. The van der Waals surface area contributed by atoms with Gasteiger partial charge in [-0.1, -0.05) is 6.07 Å². The van der Waals surface area contributed by atoms with E-state index in [0.717, 1.165) is 12.1 Å². The molecule has 100 valence electrons. The van der Waals surface area contributed by atoms with E-state index in [1.54, 1.807) is 0 Å². The smallest absolute Gasteiger partial charge is 0.131 e. The van der Waals surface area contributed by atoms with Gasteiger partial charge in [-0.15, -0.1) is 0 Å². The number of hydrogen-bond acceptors (Lipinski definition) is 3. The van der Waals surface area contributed by atoms with Crippen LogP contribution < -0.4 is 5.73 Å². The fraction of sp³-hybridized carbons (Fsp3) is 0.538. The number of aliphatic hydroxyl groups is 1. The van der Waals surface area contributed by atoms with Gasteiger partial charge in [-0.05, 0) is 18.9 Å². The average molecular weight is 257 g/mol. The van der Waals surface area contributed by atoms with Gasteiger partial charge in [-0.2, -0.15) is 0 Å². The van der Waals surface area contributed by atoms with Crippen molar-refractivity contribution in [2.75, 3.05) is 19.8 Å². The zero-order valence-corrected chi connectivity index (χ0v) is 10.0. The molecule has 1 fully saturated rings. The Labute approximate surface area is 105 Å². The third-order valence-electron chi connectivity index (χ3n) is 3.73. The third-order valence-corrected chi connectivity index (χ3v) is 3.73. The summed E-state index contributed by atoms with van der Waals surface area (Å²) >= 11 is 0. The molecule has 1 aliphatic rings. The lowest BCUT2D eigenvalue weighted by Gasteiger charge is -2.40. The Kier molecular flexibility index (Phi) is 3.94. The summed E-state index contributed by atoms with van der Waals surface area (Å²) in [7, 11) is 0. The van der Waals surface area contributed by atoms with Crippen LogP contribution in [-0.4, -0.2) is 24.9 Å². The van der Waals surface area contributed by atoms with Gasteiger partial charge in [0, 0.05) is 36.8 Å². The summed E-state index contributed by atoms with van der Waals surface area (Å²) in [6.45, 7) is 1.24. The van der Waals surface area contributed by atoms with Crippen LogP contribution in [0.4, 0.5) is 8.78 Å². The quantitative estimate of drug-likeness (QED) is 0.867. The molecule has 0 bridgehead atoms. The molecule has 1 aromatic rings. The van der Waals surface area contributed by atoms with Gasteiger partial charge >= 0.3 is 0 Å². The molecule has 3 nitrogen and oxygen atoms in total. The van der Waals surface area contributed by atoms with Crippen LogP contribution in [0.1, 0.15) is 24.5 Å². The molecular weight excluding hydrogens is 240 g/mol. The summed E-state index contributed by atoms with van der Waals surface area (Å²) in [4.78, 5) is 0. The van der Waals surface area contributed by atoms with Crippen molar-refractivity contribution in [3.05, 3.63) is 35.4 Å². The van der Waals surface area contributed by atoms with Crippen molar-refractivity contribution in [1.82, 2.24) is 0 Å². The maximum atomic E-state index is 13.7. The van der Waals surface area contributed by atoms with E-state index in [1.807, 2.05) is 0 Å². The Bertz CT molecular complexity index is 419. The fourth-order valence-corrected chi connectivity index (χ4v) is 2.42. The van der Waals surface area contributed by atoms with Crippen LogP contribution in [0.3, 0.4) is 0 Å². The van der Waals surface area contributed by atoms with Crippen LogP contribution in [0.5, 0.6) is 0 Å². The number of halogens is 2. The number of aliphatic hydroxyl groups excluding tert-OH is 1. The number of nitrogens with two attached hydrogens (primary N) is 1. The standard InChI is InChI=1S/C13H17F2NO2/c14-9-1-2-10(11(15)7-9)12(17)13(8-16)3-5-18-6-4-13/h1-2,7,12,17H,3-6,8,16H2. The molecule has 0 amide bonds. The average Bonchev–Trinajstić information content (AvgIpc) is 2.39. The number of ether oxygens (including phenoxy) is 1. The van der Waals surface area contributed by atoms with Crippen molar-refractivity contribution in [1.29, 1.82) is 0 Å². The van der Waals surface area contributed by atoms with Crippen molar-refractivity contribution in [2.24, 2.45) is 11.1 Å². The van der Waals surface area contributed by atoms with E-state index < -0.39 is 23.2 Å². The molecule has 5 heteroatoms. The second-order valence-corrected chi connectivity index (χ2v) is 4.75. The van der Waals surface area contributed by atoms with Gasteiger partial charge in [0.2, 0.25) is 0 Å². The van der Waals surface area contributed by atoms with E-state index in [0.29, 0.717) is 26.1 Å². The number of hydrogen-bond donors (Lipinski definition) is 2. The second kappa shape index (κ2) is 5.30. The lowest BCUT2D eigenvalue weighted by atomic mass is 9.73. The highest BCUT2D eigenvalue weighted by molar-refractivity contribution is 5.23. The summed E-state index contributed by atoms with van der Waals surface area (Å²) in [5, 5.41) is 10.4. The Morgan fingerprint density at radius 3 is 2.56 bits per heavy atom. The Balaban J connectivity index is 2.30. The van der Waals surface area contributed by atoms with Gasteiger partial charge in [-0.3, -0.25) is 0 Å². The van der Waals surface area contributed by atoms with Crippen molar-refractivity contribution in [3.63, 3.8) is 0 Å². The fourth-order valence-electron chi connectivity index (χ4n) is 2.42. The maximum absolute atomic E-state index is 13.7. The zero-order chi connectivity index (χ0) is 13.2. The molecule has 1 saturated heterocycles. The molecule has 1 aliphatic heterocycles. The van der Waals surface area contributed by atoms with Gasteiger partial charge < -0.3 is 15.6 Å². The molecule has 3 N–H and O–H groups in total. The van der Waals surface area contributed by atoms with E-state index in [2.05, 4.69) is 0 Å². The third kappa shape index (κ3) is 2.39. The van der Waals surface area contributed by atoms with E-state index >= 15 is 0 Å². The van der Waals surface area contributed by atoms with Crippen LogP contribution in [0.25, 0.3) is 0 Å². The predicted octanol–water partition coefficient (Wildman–Crippen LogP) is 1.75. The predicted molar refractivity (Wildman–Crippen MR) is 62.9 cm³/mol. The summed E-state index contributed by atoms with van der Waals surface area (Å²) < 4.78 is 31.8. The molecule has 18 heavy (non-hydrogen) atoms. The van der Waals surface area contributed by atoms with Gasteiger partial charge in [-0.25, -0.2) is 8.78 Å². The number of rotatable bonds is 3. The molecule has 1 unspecified atom stereocenters. The lowest BCUT2D eigenvalue weighted by molar-refractivity contribution is -0.0593. The molecule has 0 radical (unpaired) electrons. The molecule has 1 atom stereocenters. The van der Waals surface area contributed by atoms with Crippen molar-refractivity contribution < 1.29 is 18.6 Å². The summed E-state index contributed by atoms with van der Waals surface area (Å²) in [5.41, 5.74) is 5.26. The second-order valence-electron chi connectivity index (χ2n) is 4.75. The lowest BCUT2D eigenvalue weighted by Crippen LogP contribution is -2.42. The highest BCUT2D eigenvalue weighted by Crippen LogP contribution is 2.42. The first-order valence-corrected chi connectivity index (χ1v) is 6.00. The highest BCUT2D eigenvalue weighted by Gasteiger charge is 2.40. The minimum absolute atomic E-state index is 0.101. The van der Waals surface area contributed by atoms with Crippen molar-refractivity contribution in [3.8, 4) is 0 Å². The summed E-state index contributed by atoms with van der Waals surface area (Å²) in [5.74, 6) is -1.39. The van der Waals surface area contributed by atoms with Crippen LogP contribution in [0, 0.1) is 17.0 Å². The van der Waals surface area contributed by atoms with E-state index in [4.69, 9.17) is 10.5 Å². The van der Waals surface area contributed by atoms with Gasteiger partial charge in [0.1, 0.15) is 11.6 Å². The topological polar surface area (TPSA) is 55.5 Å². The number of benzene rings is 1. The first kappa shape index (κ1) is 13.4. The zero-order valence-electron chi connectivity index (χ0n) is 10.0. The van der Waals surface area contributed by atoms with E-state index in [1.165, 1.54) is 6.07 Å². The summed E-state index contributed by atoms with van der Waals surface area (Å²) in [6.07, 6.45) is 0.107. The molecule has 0 aliphatic carbocycles. The van der Waals surface area contributed by atoms with Crippen LogP contribution in [0.15, 0.2) is 18.2 Å².